The van der Waals surface area contributed by atoms with Gasteiger partial charge >= 0.3 is 5.97 Å². The SMILES string of the molecule is O=C(O)/C=C/C(=O)Nc1cccc(S[C@H]2CC(=O)N(c3cccc(Cl)c3Cl)C2=O)c1. The normalized spacial score (nSPS) is 16.3. The summed E-state index contributed by atoms with van der Waals surface area (Å²) < 4.78 is 0. The van der Waals surface area contributed by atoms with E-state index in [1.54, 1.807) is 42.5 Å². The lowest BCUT2D eigenvalue weighted by Crippen LogP contribution is -2.31. The molecule has 1 fully saturated rings. The molecule has 3 rings (SSSR count). The van der Waals surface area contributed by atoms with Crippen LogP contribution in [0, 0.1) is 0 Å². The number of carboxylic acid groups (broad SMARTS) is 1. The number of hydrogen-bond donors (Lipinski definition) is 2. The summed E-state index contributed by atoms with van der Waals surface area (Å²) in [6.07, 6.45) is 1.62. The van der Waals surface area contributed by atoms with Crippen molar-refractivity contribution in [1.29, 1.82) is 0 Å². The molecule has 10 heteroatoms. The lowest BCUT2D eigenvalue weighted by molar-refractivity contribution is -0.131. The molecular weight excluding hydrogens is 451 g/mol. The van der Waals surface area contributed by atoms with Crippen molar-refractivity contribution in [3.8, 4) is 0 Å². The lowest BCUT2D eigenvalue weighted by atomic mass is 10.3. The molecule has 2 aromatic rings. The Kier molecular flexibility index (Phi) is 6.81. The number of nitrogens with zero attached hydrogens (tertiary/aromatic N) is 1. The summed E-state index contributed by atoms with van der Waals surface area (Å²) in [5.74, 6) is -2.63. The van der Waals surface area contributed by atoms with E-state index in [9.17, 15) is 19.2 Å². The molecule has 2 N–H and O–H groups in total. The zero-order chi connectivity index (χ0) is 21.8. The van der Waals surface area contributed by atoms with E-state index in [-0.39, 0.29) is 28.1 Å². The second-order valence-corrected chi connectivity index (χ2v) is 8.20. The molecule has 0 unspecified atom stereocenters. The molecule has 0 aliphatic carbocycles. The standard InChI is InChI=1S/C20H14Cl2N2O5S/c21-13-5-2-6-14(19(13)22)24-17(26)10-15(20(24)29)30-12-4-1-3-11(9-12)23-16(25)7-8-18(27)28/h1-9,15H,10H2,(H,23,25)(H,27,28)/b8-7+/t15-/m0/s1. The van der Waals surface area contributed by atoms with Gasteiger partial charge in [0.2, 0.25) is 17.7 Å². The van der Waals surface area contributed by atoms with Gasteiger partial charge in [-0.05, 0) is 30.3 Å². The third-order valence-corrected chi connectivity index (χ3v) is 6.02. The average Bonchev–Trinajstić information content (AvgIpc) is 2.96. The first-order chi connectivity index (χ1) is 14.3. The molecule has 2 aromatic carbocycles. The van der Waals surface area contributed by atoms with E-state index >= 15 is 0 Å². The van der Waals surface area contributed by atoms with E-state index in [0.29, 0.717) is 10.6 Å². The maximum atomic E-state index is 12.8. The molecule has 1 aliphatic rings. The predicted octanol–water partition coefficient (Wildman–Crippen LogP) is 4.00. The van der Waals surface area contributed by atoms with Gasteiger partial charge < -0.3 is 10.4 Å². The van der Waals surface area contributed by atoms with Crippen LogP contribution in [0.2, 0.25) is 10.0 Å². The number of nitrogens with one attached hydrogen (secondary N) is 1. The molecule has 0 spiro atoms. The van der Waals surface area contributed by atoms with Gasteiger partial charge in [-0.25, -0.2) is 9.69 Å². The molecule has 154 valence electrons. The number of halogens is 2. The number of thioether (sulfide) groups is 1. The van der Waals surface area contributed by atoms with Crippen molar-refractivity contribution >= 4 is 70.0 Å². The van der Waals surface area contributed by atoms with Crippen LogP contribution >= 0.6 is 35.0 Å². The van der Waals surface area contributed by atoms with E-state index in [2.05, 4.69) is 5.32 Å². The number of anilines is 2. The van der Waals surface area contributed by atoms with Crippen LogP contribution in [0.5, 0.6) is 0 Å². The summed E-state index contributed by atoms with van der Waals surface area (Å²) in [6, 6.07) is 11.4. The summed E-state index contributed by atoms with van der Waals surface area (Å²) in [4.78, 5) is 49.2. The fourth-order valence-electron chi connectivity index (χ4n) is 2.76. The Morgan fingerprint density at radius 2 is 1.87 bits per heavy atom. The first kappa shape index (κ1) is 21.9. The monoisotopic (exact) mass is 464 g/mol. The van der Waals surface area contributed by atoms with Crippen LogP contribution in [0.4, 0.5) is 11.4 Å². The molecule has 1 heterocycles. The number of benzene rings is 2. The Bertz CT molecular complexity index is 1070. The van der Waals surface area contributed by atoms with Crippen molar-refractivity contribution in [1.82, 2.24) is 0 Å². The summed E-state index contributed by atoms with van der Waals surface area (Å²) >= 11 is 13.3. The fraction of sp³-hybridized carbons (Fsp3) is 0.100. The largest absolute Gasteiger partial charge is 0.478 e. The van der Waals surface area contributed by atoms with Gasteiger partial charge in [0.25, 0.3) is 0 Å². The molecule has 0 radical (unpaired) electrons. The Labute approximate surface area is 185 Å². The van der Waals surface area contributed by atoms with E-state index in [1.807, 2.05) is 0 Å². The highest BCUT2D eigenvalue weighted by atomic mass is 35.5. The Hall–Kier alpha value is -2.81. The predicted molar refractivity (Wildman–Crippen MR) is 115 cm³/mol. The third-order valence-electron chi connectivity index (χ3n) is 4.03. The molecule has 0 aromatic heterocycles. The first-order valence-electron chi connectivity index (χ1n) is 8.56. The Balaban J connectivity index is 1.73. The number of carbonyl (C=O) groups is 4. The lowest BCUT2D eigenvalue weighted by Gasteiger charge is -2.17. The number of aliphatic carboxylic acids is 1. The minimum absolute atomic E-state index is 0.00964. The minimum Gasteiger partial charge on any atom is -0.478 e. The van der Waals surface area contributed by atoms with Crippen LogP contribution in [0.25, 0.3) is 0 Å². The van der Waals surface area contributed by atoms with Crippen molar-refractivity contribution in [2.75, 3.05) is 10.2 Å². The quantitative estimate of drug-likeness (QED) is 0.494. The van der Waals surface area contributed by atoms with Crippen molar-refractivity contribution in [2.24, 2.45) is 0 Å². The Morgan fingerprint density at radius 1 is 1.13 bits per heavy atom. The van der Waals surface area contributed by atoms with Gasteiger partial charge in [-0.2, -0.15) is 0 Å². The smallest absolute Gasteiger partial charge is 0.328 e. The third kappa shape index (κ3) is 5.02. The van der Waals surface area contributed by atoms with Gasteiger partial charge in [-0.15, -0.1) is 11.8 Å². The molecule has 3 amide bonds. The van der Waals surface area contributed by atoms with E-state index in [4.69, 9.17) is 28.3 Å². The molecule has 1 aliphatic heterocycles. The molecule has 7 nitrogen and oxygen atoms in total. The number of hydrogen-bond acceptors (Lipinski definition) is 5. The molecule has 1 atom stereocenters. The van der Waals surface area contributed by atoms with E-state index < -0.39 is 23.0 Å². The van der Waals surface area contributed by atoms with Crippen LogP contribution < -0.4 is 10.2 Å². The Morgan fingerprint density at radius 3 is 2.60 bits per heavy atom. The number of imide groups is 1. The molecule has 0 bridgehead atoms. The highest BCUT2D eigenvalue weighted by Gasteiger charge is 2.41. The highest BCUT2D eigenvalue weighted by Crippen LogP contribution is 2.39. The fourth-order valence-corrected chi connectivity index (χ4v) is 4.25. The van der Waals surface area contributed by atoms with Crippen molar-refractivity contribution in [3.05, 3.63) is 64.7 Å². The van der Waals surface area contributed by atoms with Crippen LogP contribution in [0.3, 0.4) is 0 Å². The van der Waals surface area contributed by atoms with E-state index in [0.717, 1.165) is 17.1 Å². The van der Waals surface area contributed by atoms with Gasteiger partial charge in [0.05, 0.1) is 21.0 Å². The summed E-state index contributed by atoms with van der Waals surface area (Å²) in [6.45, 7) is 0. The van der Waals surface area contributed by atoms with Gasteiger partial charge in [0.1, 0.15) is 0 Å². The first-order valence-corrected chi connectivity index (χ1v) is 10.2. The zero-order valence-corrected chi connectivity index (χ0v) is 17.5. The molecular formula is C20H14Cl2N2O5S. The maximum absolute atomic E-state index is 12.8. The topological polar surface area (TPSA) is 104 Å². The van der Waals surface area contributed by atoms with Crippen LogP contribution in [0.1, 0.15) is 6.42 Å². The van der Waals surface area contributed by atoms with Gasteiger partial charge in [0.15, 0.2) is 0 Å². The van der Waals surface area contributed by atoms with Gasteiger partial charge in [-0.3, -0.25) is 14.4 Å². The molecule has 0 saturated carbocycles. The van der Waals surface area contributed by atoms with Crippen LogP contribution in [-0.2, 0) is 19.2 Å². The van der Waals surface area contributed by atoms with Gasteiger partial charge in [0, 0.05) is 29.2 Å². The average molecular weight is 465 g/mol. The second kappa shape index (κ2) is 9.34. The molecule has 30 heavy (non-hydrogen) atoms. The summed E-state index contributed by atoms with van der Waals surface area (Å²) in [7, 11) is 0. The van der Waals surface area contributed by atoms with Crippen LogP contribution in [-0.4, -0.2) is 34.0 Å². The summed E-state index contributed by atoms with van der Waals surface area (Å²) in [5, 5.41) is 10.8. The van der Waals surface area contributed by atoms with Gasteiger partial charge in [-0.1, -0.05) is 35.3 Å². The summed E-state index contributed by atoms with van der Waals surface area (Å²) in [5.41, 5.74) is 0.667. The number of carboxylic acids is 1. The van der Waals surface area contributed by atoms with E-state index in [1.165, 1.54) is 11.8 Å². The number of rotatable bonds is 6. The van der Waals surface area contributed by atoms with Crippen LogP contribution in [0.15, 0.2) is 59.5 Å². The maximum Gasteiger partial charge on any atom is 0.328 e. The minimum atomic E-state index is -1.23. The zero-order valence-electron chi connectivity index (χ0n) is 15.2. The van der Waals surface area contributed by atoms with Crippen molar-refractivity contribution in [2.45, 2.75) is 16.6 Å². The highest BCUT2D eigenvalue weighted by molar-refractivity contribution is 8.00. The molecule has 1 saturated heterocycles. The second-order valence-electron chi connectivity index (χ2n) is 6.14. The number of carbonyl (C=O) groups excluding carboxylic acids is 3. The van der Waals surface area contributed by atoms with Crippen molar-refractivity contribution < 1.29 is 24.3 Å². The van der Waals surface area contributed by atoms with Crippen molar-refractivity contribution in [3.63, 3.8) is 0 Å². The number of amides is 3.